The van der Waals surface area contributed by atoms with Crippen LogP contribution in [-0.2, 0) is 17.1 Å². The smallest absolute Gasteiger partial charge is 0.243 e. The molecular formula is C23H24N4O5S2. The van der Waals surface area contributed by atoms with Gasteiger partial charge in [-0.2, -0.15) is 4.31 Å². The first-order valence-electron chi connectivity index (χ1n) is 11.0. The Labute approximate surface area is 202 Å². The molecule has 1 aromatic heterocycles. The van der Waals surface area contributed by atoms with E-state index >= 15 is 0 Å². The molecular weight excluding hydrogens is 476 g/mol. The van der Waals surface area contributed by atoms with Gasteiger partial charge >= 0.3 is 0 Å². The molecule has 9 nitrogen and oxygen atoms in total. The van der Waals surface area contributed by atoms with E-state index in [4.69, 9.17) is 9.47 Å². The lowest BCUT2D eigenvalue weighted by Gasteiger charge is -2.18. The van der Waals surface area contributed by atoms with Crippen LogP contribution < -0.4 is 9.47 Å². The predicted octanol–water partition coefficient (Wildman–Crippen LogP) is 3.01. The lowest BCUT2D eigenvalue weighted by Crippen LogP contribution is -2.27. The quantitative estimate of drug-likeness (QED) is 0.360. The van der Waals surface area contributed by atoms with Crippen LogP contribution in [0.2, 0.25) is 0 Å². The SMILES string of the molecule is Cn1c(SCC(=O)c2ccc3c(c2)OCCO3)nnc1-c1ccc(S(=O)(=O)N2CCCC2)cc1. The monoisotopic (exact) mass is 500 g/mol. The Morgan fingerprint density at radius 3 is 2.44 bits per heavy atom. The van der Waals surface area contributed by atoms with Gasteiger partial charge in [-0.25, -0.2) is 8.42 Å². The normalized spacial score (nSPS) is 16.0. The van der Waals surface area contributed by atoms with E-state index in [9.17, 15) is 13.2 Å². The Hall–Kier alpha value is -2.89. The number of ether oxygens (including phenoxy) is 2. The van der Waals surface area contributed by atoms with Crippen molar-refractivity contribution in [2.45, 2.75) is 22.9 Å². The highest BCUT2D eigenvalue weighted by molar-refractivity contribution is 7.99. The van der Waals surface area contributed by atoms with Crippen molar-refractivity contribution >= 4 is 27.6 Å². The molecule has 1 fully saturated rings. The lowest BCUT2D eigenvalue weighted by molar-refractivity contribution is 0.102. The summed E-state index contributed by atoms with van der Waals surface area (Å²) in [5, 5.41) is 9.06. The van der Waals surface area contributed by atoms with E-state index in [0.29, 0.717) is 54.3 Å². The Bertz CT molecular complexity index is 1320. The minimum absolute atomic E-state index is 0.0528. The standard InChI is InChI=1S/C23H24N4O5S2/c1-26-22(16-4-7-18(8-5-16)34(29,30)27-10-2-3-11-27)24-25-23(26)33-15-19(28)17-6-9-20-21(14-17)32-13-12-31-20/h4-9,14H,2-3,10-13,15H2,1H3. The summed E-state index contributed by atoms with van der Waals surface area (Å²) in [6.45, 7) is 2.10. The molecule has 3 aromatic rings. The molecule has 0 bridgehead atoms. The number of hydrogen-bond donors (Lipinski definition) is 0. The molecule has 1 saturated heterocycles. The first-order valence-corrected chi connectivity index (χ1v) is 13.4. The average molecular weight is 501 g/mol. The van der Waals surface area contributed by atoms with E-state index in [0.717, 1.165) is 18.4 Å². The highest BCUT2D eigenvalue weighted by Gasteiger charge is 2.27. The molecule has 178 valence electrons. The number of aromatic nitrogens is 3. The molecule has 5 rings (SSSR count). The maximum atomic E-state index is 12.7. The van der Waals surface area contributed by atoms with E-state index in [1.165, 1.54) is 16.1 Å². The number of nitrogens with zero attached hydrogens (tertiary/aromatic N) is 4. The number of Topliss-reactive ketones (excluding diaryl/α,β-unsaturated/α-hetero) is 1. The zero-order valence-corrected chi connectivity index (χ0v) is 20.3. The first kappa shape index (κ1) is 22.9. The number of rotatable bonds is 7. The number of sulfonamides is 1. The lowest BCUT2D eigenvalue weighted by atomic mass is 10.1. The van der Waals surface area contributed by atoms with E-state index < -0.39 is 10.0 Å². The second-order valence-corrected chi connectivity index (χ2v) is 11.0. The number of hydrogen-bond acceptors (Lipinski definition) is 8. The van der Waals surface area contributed by atoms with Gasteiger partial charge in [0.25, 0.3) is 0 Å². The van der Waals surface area contributed by atoms with Crippen molar-refractivity contribution in [3.8, 4) is 22.9 Å². The summed E-state index contributed by atoms with van der Waals surface area (Å²) in [6, 6.07) is 11.9. The molecule has 0 atom stereocenters. The topological polar surface area (TPSA) is 104 Å². The Morgan fingerprint density at radius 2 is 1.71 bits per heavy atom. The first-order chi connectivity index (χ1) is 16.4. The number of ketones is 1. The number of carbonyl (C=O) groups excluding carboxylic acids is 1. The maximum absolute atomic E-state index is 12.7. The van der Waals surface area contributed by atoms with Gasteiger partial charge < -0.3 is 14.0 Å². The molecule has 0 N–H and O–H groups in total. The molecule has 0 unspecified atom stereocenters. The van der Waals surface area contributed by atoms with Crippen molar-refractivity contribution in [2.24, 2.45) is 7.05 Å². The molecule has 0 saturated carbocycles. The largest absolute Gasteiger partial charge is 0.486 e. The number of benzene rings is 2. The van der Waals surface area contributed by atoms with Gasteiger partial charge in [0.15, 0.2) is 28.3 Å². The van der Waals surface area contributed by atoms with E-state index in [-0.39, 0.29) is 16.4 Å². The summed E-state index contributed by atoms with van der Waals surface area (Å²) in [7, 11) is -1.64. The average Bonchev–Trinajstić information content (AvgIpc) is 3.53. The van der Waals surface area contributed by atoms with Crippen molar-refractivity contribution in [1.29, 1.82) is 0 Å². The van der Waals surface area contributed by atoms with Crippen molar-refractivity contribution in [1.82, 2.24) is 19.1 Å². The maximum Gasteiger partial charge on any atom is 0.243 e. The summed E-state index contributed by atoms with van der Waals surface area (Å²) in [4.78, 5) is 13.0. The molecule has 2 aromatic carbocycles. The van der Waals surface area contributed by atoms with Gasteiger partial charge in [-0.05, 0) is 55.3 Å². The molecule has 2 aliphatic rings. The minimum atomic E-state index is -3.46. The van der Waals surface area contributed by atoms with Crippen molar-refractivity contribution in [2.75, 3.05) is 32.1 Å². The minimum Gasteiger partial charge on any atom is -0.486 e. The molecule has 34 heavy (non-hydrogen) atoms. The second-order valence-electron chi connectivity index (χ2n) is 8.07. The fourth-order valence-electron chi connectivity index (χ4n) is 3.98. The summed E-state index contributed by atoms with van der Waals surface area (Å²) >= 11 is 1.29. The van der Waals surface area contributed by atoms with Crippen LogP contribution in [0, 0.1) is 0 Å². The van der Waals surface area contributed by atoms with Crippen LogP contribution in [-0.4, -0.2) is 65.3 Å². The van der Waals surface area contributed by atoms with Crippen LogP contribution in [0.15, 0.2) is 52.5 Å². The number of thioether (sulfide) groups is 1. The van der Waals surface area contributed by atoms with Gasteiger partial charge in [0.2, 0.25) is 10.0 Å². The predicted molar refractivity (Wildman–Crippen MR) is 127 cm³/mol. The highest BCUT2D eigenvalue weighted by atomic mass is 32.2. The number of fused-ring (bicyclic) bond motifs is 1. The van der Waals surface area contributed by atoms with Crippen LogP contribution >= 0.6 is 11.8 Å². The summed E-state index contributed by atoms with van der Waals surface area (Å²) in [5.41, 5.74) is 1.30. The van der Waals surface area contributed by atoms with Gasteiger partial charge in [0.1, 0.15) is 13.2 Å². The molecule has 3 heterocycles. The van der Waals surface area contributed by atoms with Crippen molar-refractivity contribution in [3.63, 3.8) is 0 Å². The number of carbonyl (C=O) groups is 1. The van der Waals surface area contributed by atoms with Crippen LogP contribution in [0.25, 0.3) is 11.4 Å². The summed E-state index contributed by atoms with van der Waals surface area (Å²) in [5.74, 6) is 1.96. The Kier molecular flexibility index (Phi) is 6.32. The van der Waals surface area contributed by atoms with Gasteiger partial charge in [0, 0.05) is 31.3 Å². The highest BCUT2D eigenvalue weighted by Crippen LogP contribution is 2.32. The third-order valence-electron chi connectivity index (χ3n) is 5.85. The zero-order valence-electron chi connectivity index (χ0n) is 18.6. The van der Waals surface area contributed by atoms with Crippen LogP contribution in [0.4, 0.5) is 0 Å². The Morgan fingerprint density at radius 1 is 1.00 bits per heavy atom. The van der Waals surface area contributed by atoms with E-state index in [2.05, 4.69) is 10.2 Å². The van der Waals surface area contributed by atoms with Crippen LogP contribution in [0.3, 0.4) is 0 Å². The fraction of sp³-hybridized carbons (Fsp3) is 0.348. The fourth-order valence-corrected chi connectivity index (χ4v) is 6.30. The summed E-state index contributed by atoms with van der Waals surface area (Å²) in [6.07, 6.45) is 1.79. The summed E-state index contributed by atoms with van der Waals surface area (Å²) < 4.78 is 39.9. The molecule has 0 radical (unpaired) electrons. The Balaban J connectivity index is 1.27. The molecule has 0 aliphatic carbocycles. The van der Waals surface area contributed by atoms with Crippen molar-refractivity contribution < 1.29 is 22.7 Å². The van der Waals surface area contributed by atoms with Gasteiger partial charge in [-0.15, -0.1) is 10.2 Å². The molecule has 0 amide bonds. The van der Waals surface area contributed by atoms with E-state index in [1.807, 2.05) is 7.05 Å². The van der Waals surface area contributed by atoms with E-state index in [1.54, 1.807) is 47.0 Å². The molecule has 0 spiro atoms. The third kappa shape index (κ3) is 4.42. The van der Waals surface area contributed by atoms with Gasteiger partial charge in [-0.3, -0.25) is 4.79 Å². The van der Waals surface area contributed by atoms with Crippen LogP contribution in [0.1, 0.15) is 23.2 Å². The van der Waals surface area contributed by atoms with Gasteiger partial charge in [0.05, 0.1) is 10.6 Å². The molecule has 2 aliphatic heterocycles. The second kappa shape index (κ2) is 9.40. The third-order valence-corrected chi connectivity index (χ3v) is 8.78. The van der Waals surface area contributed by atoms with Crippen molar-refractivity contribution in [3.05, 3.63) is 48.0 Å². The zero-order chi connectivity index (χ0) is 23.7. The van der Waals surface area contributed by atoms with Gasteiger partial charge in [-0.1, -0.05) is 11.8 Å². The molecule has 11 heteroatoms. The van der Waals surface area contributed by atoms with Crippen LogP contribution in [0.5, 0.6) is 11.5 Å².